The second-order valence-corrected chi connectivity index (χ2v) is 2.69. The van der Waals surface area contributed by atoms with Gasteiger partial charge in [-0.1, -0.05) is 6.58 Å². The summed E-state index contributed by atoms with van der Waals surface area (Å²) in [6.07, 6.45) is 1.61. The Morgan fingerprint density at radius 2 is 1.85 bits per heavy atom. The maximum Gasteiger partial charge on any atom is 0.138 e. The molecular weight excluding hydrogens is 164 g/mol. The molecule has 0 bridgehead atoms. The maximum absolute atomic E-state index is 4.24. The topological polar surface area (TPSA) is 49.8 Å². The van der Waals surface area contributed by atoms with E-state index in [1.807, 2.05) is 20.9 Å². The van der Waals surface area contributed by atoms with Gasteiger partial charge in [0.25, 0.3) is 0 Å². The third-order valence-corrected chi connectivity index (χ3v) is 1.73. The van der Waals surface area contributed by atoms with Crippen molar-refractivity contribution in [1.29, 1.82) is 0 Å². The third-order valence-electron chi connectivity index (χ3n) is 1.73. The van der Waals surface area contributed by atoms with E-state index in [0.717, 1.165) is 23.0 Å². The minimum Gasteiger partial charge on any atom is -0.373 e. The Bertz CT molecular complexity index is 320. The predicted octanol–water partition coefficient (Wildman–Crippen LogP) is 1.69. The van der Waals surface area contributed by atoms with E-state index in [2.05, 4.69) is 27.2 Å². The van der Waals surface area contributed by atoms with Gasteiger partial charge < -0.3 is 10.6 Å². The highest BCUT2D eigenvalue weighted by molar-refractivity contribution is 5.57. The van der Waals surface area contributed by atoms with Gasteiger partial charge in [-0.25, -0.2) is 9.97 Å². The summed E-state index contributed by atoms with van der Waals surface area (Å²) in [5.74, 6) is 2.38. The van der Waals surface area contributed by atoms with Gasteiger partial charge >= 0.3 is 0 Å². The first-order chi connectivity index (χ1) is 6.19. The van der Waals surface area contributed by atoms with Crippen molar-refractivity contribution in [2.75, 3.05) is 17.7 Å². The van der Waals surface area contributed by atoms with Gasteiger partial charge in [-0.2, -0.15) is 0 Å². The lowest BCUT2D eigenvalue weighted by Gasteiger charge is -2.09. The first kappa shape index (κ1) is 9.51. The van der Waals surface area contributed by atoms with Crippen LogP contribution in [0.5, 0.6) is 0 Å². The van der Waals surface area contributed by atoms with Gasteiger partial charge in [0.1, 0.15) is 17.5 Å². The molecule has 0 saturated carbocycles. The number of nitrogens with zero attached hydrogens (tertiary/aromatic N) is 2. The summed E-state index contributed by atoms with van der Waals surface area (Å²) in [5.41, 5.74) is 0.994. The van der Waals surface area contributed by atoms with E-state index < -0.39 is 0 Å². The highest BCUT2D eigenvalue weighted by atomic mass is 15.1. The number of rotatable bonds is 3. The molecule has 1 rings (SSSR count). The molecule has 0 aliphatic carbocycles. The molecule has 13 heavy (non-hydrogen) atoms. The molecule has 70 valence electrons. The van der Waals surface area contributed by atoms with Crippen LogP contribution in [0.1, 0.15) is 11.4 Å². The van der Waals surface area contributed by atoms with Crippen LogP contribution in [0, 0.1) is 13.8 Å². The van der Waals surface area contributed by atoms with Crippen molar-refractivity contribution in [2.45, 2.75) is 13.8 Å². The zero-order chi connectivity index (χ0) is 9.84. The van der Waals surface area contributed by atoms with Gasteiger partial charge in [0.15, 0.2) is 0 Å². The lowest BCUT2D eigenvalue weighted by molar-refractivity contribution is 1.03. The average Bonchev–Trinajstić information content (AvgIpc) is 2.11. The zero-order valence-corrected chi connectivity index (χ0v) is 8.18. The van der Waals surface area contributed by atoms with Crippen LogP contribution in [-0.2, 0) is 0 Å². The molecule has 1 heterocycles. The average molecular weight is 178 g/mol. The molecule has 0 aromatic carbocycles. The zero-order valence-electron chi connectivity index (χ0n) is 8.18. The fraction of sp³-hybridized carbons (Fsp3) is 0.333. The molecule has 0 aliphatic heterocycles. The highest BCUT2D eigenvalue weighted by Gasteiger charge is 2.05. The Kier molecular flexibility index (Phi) is 2.84. The van der Waals surface area contributed by atoms with Crippen LogP contribution in [-0.4, -0.2) is 17.0 Å². The minimum atomic E-state index is 0.735. The van der Waals surface area contributed by atoms with Crippen LogP contribution in [0.25, 0.3) is 0 Å². The van der Waals surface area contributed by atoms with Crippen LogP contribution < -0.4 is 10.6 Å². The summed E-state index contributed by atoms with van der Waals surface area (Å²) in [7, 11) is 1.84. The largest absolute Gasteiger partial charge is 0.373 e. The fourth-order valence-electron chi connectivity index (χ4n) is 1.11. The van der Waals surface area contributed by atoms with Crippen LogP contribution in [0.15, 0.2) is 12.8 Å². The summed E-state index contributed by atoms with van der Waals surface area (Å²) < 4.78 is 0. The summed E-state index contributed by atoms with van der Waals surface area (Å²) in [6, 6.07) is 0. The molecule has 0 fully saturated rings. The lowest BCUT2D eigenvalue weighted by atomic mass is 10.3. The Balaban J connectivity index is 3.18. The van der Waals surface area contributed by atoms with Crippen molar-refractivity contribution in [3.05, 3.63) is 24.2 Å². The second kappa shape index (κ2) is 3.89. The molecule has 0 aliphatic rings. The Labute approximate surface area is 78.1 Å². The SMILES string of the molecule is C=CNc1nc(C)nc(NC)c1C. The molecule has 0 radical (unpaired) electrons. The quantitative estimate of drug-likeness (QED) is 0.739. The lowest BCUT2D eigenvalue weighted by Crippen LogP contribution is -2.04. The smallest absolute Gasteiger partial charge is 0.138 e. The fourth-order valence-corrected chi connectivity index (χ4v) is 1.11. The Morgan fingerprint density at radius 1 is 1.23 bits per heavy atom. The normalized spacial score (nSPS) is 9.46. The van der Waals surface area contributed by atoms with E-state index >= 15 is 0 Å². The standard InChI is InChI=1S/C9H14N4/c1-5-11-9-6(2)8(10-4)12-7(3)13-9/h5H,1H2,2-4H3,(H2,10,11,12,13). The van der Waals surface area contributed by atoms with E-state index in [1.54, 1.807) is 6.20 Å². The minimum absolute atomic E-state index is 0.735. The predicted molar refractivity (Wildman–Crippen MR) is 54.9 cm³/mol. The molecular formula is C9H14N4. The molecule has 0 unspecified atom stereocenters. The van der Waals surface area contributed by atoms with E-state index in [0.29, 0.717) is 0 Å². The maximum atomic E-state index is 4.24. The first-order valence-electron chi connectivity index (χ1n) is 4.09. The first-order valence-corrected chi connectivity index (χ1v) is 4.09. The number of nitrogens with one attached hydrogen (secondary N) is 2. The molecule has 4 nitrogen and oxygen atoms in total. The van der Waals surface area contributed by atoms with Gasteiger partial charge in [-0.15, -0.1) is 0 Å². The van der Waals surface area contributed by atoms with E-state index in [1.165, 1.54) is 0 Å². The molecule has 0 saturated heterocycles. The number of anilines is 2. The van der Waals surface area contributed by atoms with Crippen molar-refractivity contribution in [1.82, 2.24) is 9.97 Å². The Hall–Kier alpha value is -1.58. The van der Waals surface area contributed by atoms with Gasteiger partial charge in [0, 0.05) is 12.6 Å². The van der Waals surface area contributed by atoms with Gasteiger partial charge in [-0.05, 0) is 20.0 Å². The van der Waals surface area contributed by atoms with E-state index in [4.69, 9.17) is 0 Å². The van der Waals surface area contributed by atoms with Crippen molar-refractivity contribution in [2.24, 2.45) is 0 Å². The summed E-state index contributed by atoms with van der Waals surface area (Å²) in [6.45, 7) is 7.40. The van der Waals surface area contributed by atoms with Crippen molar-refractivity contribution in [3.63, 3.8) is 0 Å². The van der Waals surface area contributed by atoms with Gasteiger partial charge in [-0.3, -0.25) is 0 Å². The molecule has 1 aromatic heterocycles. The van der Waals surface area contributed by atoms with Crippen LogP contribution in [0.2, 0.25) is 0 Å². The Morgan fingerprint density at radius 3 is 2.38 bits per heavy atom. The van der Waals surface area contributed by atoms with E-state index in [-0.39, 0.29) is 0 Å². The number of aromatic nitrogens is 2. The van der Waals surface area contributed by atoms with Crippen molar-refractivity contribution >= 4 is 11.6 Å². The highest BCUT2D eigenvalue weighted by Crippen LogP contribution is 2.18. The second-order valence-electron chi connectivity index (χ2n) is 2.69. The molecule has 1 aromatic rings. The third kappa shape index (κ3) is 1.96. The number of hydrogen-bond acceptors (Lipinski definition) is 4. The molecule has 0 amide bonds. The van der Waals surface area contributed by atoms with Gasteiger partial charge in [0.2, 0.25) is 0 Å². The molecule has 0 atom stereocenters. The van der Waals surface area contributed by atoms with Crippen LogP contribution in [0.4, 0.5) is 11.6 Å². The van der Waals surface area contributed by atoms with Crippen molar-refractivity contribution in [3.8, 4) is 0 Å². The van der Waals surface area contributed by atoms with Gasteiger partial charge in [0.05, 0.1) is 0 Å². The number of hydrogen-bond donors (Lipinski definition) is 2. The van der Waals surface area contributed by atoms with Crippen molar-refractivity contribution < 1.29 is 0 Å². The number of aryl methyl sites for hydroxylation is 1. The monoisotopic (exact) mass is 178 g/mol. The van der Waals surface area contributed by atoms with E-state index in [9.17, 15) is 0 Å². The summed E-state index contributed by atoms with van der Waals surface area (Å²) in [4.78, 5) is 8.48. The van der Waals surface area contributed by atoms with Crippen LogP contribution in [0.3, 0.4) is 0 Å². The van der Waals surface area contributed by atoms with Crippen LogP contribution >= 0.6 is 0 Å². The summed E-state index contributed by atoms with van der Waals surface area (Å²) in [5, 5.41) is 5.97. The molecule has 2 N–H and O–H groups in total. The molecule has 0 spiro atoms. The summed E-state index contributed by atoms with van der Waals surface area (Å²) >= 11 is 0. The molecule has 4 heteroatoms.